The van der Waals surface area contributed by atoms with Gasteiger partial charge in [0, 0.05) is 26.2 Å². The van der Waals surface area contributed by atoms with Crippen molar-refractivity contribution in [3.8, 4) is 28.9 Å². The Labute approximate surface area is 257 Å². The highest BCUT2D eigenvalue weighted by Gasteiger charge is 2.19. The summed E-state index contributed by atoms with van der Waals surface area (Å²) in [5.74, 6) is -1.48. The Morgan fingerprint density at radius 1 is 0.818 bits per heavy atom. The Balaban J connectivity index is 0.000000741. The van der Waals surface area contributed by atoms with Crippen molar-refractivity contribution < 1.29 is 35.8 Å². The van der Waals surface area contributed by atoms with Crippen molar-refractivity contribution >= 4 is 30.7 Å². The summed E-state index contributed by atoms with van der Waals surface area (Å²) in [7, 11) is 5.97. The van der Waals surface area contributed by atoms with E-state index < -0.39 is 35.2 Å². The van der Waals surface area contributed by atoms with Crippen LogP contribution in [0.1, 0.15) is 11.1 Å². The van der Waals surface area contributed by atoms with Gasteiger partial charge in [-0.3, -0.25) is 17.9 Å². The van der Waals surface area contributed by atoms with Gasteiger partial charge in [0.2, 0.25) is 0 Å². The Hall–Kier alpha value is -4.77. The third-order valence-electron chi connectivity index (χ3n) is 5.23. The maximum absolute atomic E-state index is 14.0. The molecule has 0 saturated heterocycles. The Kier molecular flexibility index (Phi) is 15.5. The zero-order chi connectivity index (χ0) is 33.2. The molecule has 2 aromatic heterocycles. The van der Waals surface area contributed by atoms with Crippen LogP contribution in [0, 0.1) is 35.1 Å². The molecule has 2 heterocycles. The summed E-state index contributed by atoms with van der Waals surface area (Å²) in [6.07, 6.45) is -2.08. The van der Waals surface area contributed by atoms with Crippen molar-refractivity contribution in [3.05, 3.63) is 80.2 Å². The zero-order valence-electron chi connectivity index (χ0n) is 23.8. The Morgan fingerprint density at radius 2 is 1.20 bits per heavy atom. The van der Waals surface area contributed by atoms with Crippen molar-refractivity contribution in [2.75, 3.05) is 28.6 Å². The molecule has 12 nitrogen and oxygen atoms in total. The van der Waals surface area contributed by atoms with E-state index in [2.05, 4.69) is 10.2 Å². The molecule has 0 atom stereocenters. The first-order valence-electron chi connectivity index (χ1n) is 11.2. The molecular weight excluding hydrogens is 642 g/mol. The first-order chi connectivity index (χ1) is 20.4. The van der Waals surface area contributed by atoms with Gasteiger partial charge in [-0.1, -0.05) is 12.2 Å². The van der Waals surface area contributed by atoms with Crippen LogP contribution in [0.25, 0.3) is 11.4 Å². The summed E-state index contributed by atoms with van der Waals surface area (Å²) in [4.78, 5) is 23.3. The number of halogens is 6. The van der Waals surface area contributed by atoms with Crippen LogP contribution in [0.3, 0.4) is 0 Å². The summed E-state index contributed by atoms with van der Waals surface area (Å²) >= 11 is 4.77. The first kappa shape index (κ1) is 39.2. The lowest BCUT2D eigenvalue weighted by molar-refractivity contribution is 0.411. The number of alkyl halides is 2. The molecule has 0 radical (unpaired) electrons. The van der Waals surface area contributed by atoms with Gasteiger partial charge in [-0.25, -0.2) is 18.4 Å². The molecule has 0 amide bonds. The average Bonchev–Trinajstić information content (AvgIpc) is 3.42. The molecule has 20 heteroatoms. The van der Waals surface area contributed by atoms with Gasteiger partial charge in [-0.2, -0.15) is 36.9 Å². The largest absolute Gasteiger partial charge is 0.496 e. The summed E-state index contributed by atoms with van der Waals surface area (Å²) in [6.45, 7) is 0. The summed E-state index contributed by atoms with van der Waals surface area (Å²) in [6, 6.07) is 5.94. The molecule has 4 aromatic rings. The lowest BCUT2D eigenvalue weighted by atomic mass is 10.1. The van der Waals surface area contributed by atoms with Gasteiger partial charge in [0.15, 0.2) is 5.82 Å². The molecule has 0 aliphatic rings. The van der Waals surface area contributed by atoms with Crippen LogP contribution in [-0.4, -0.2) is 62.3 Å². The Bertz CT molecular complexity index is 1770. The number of aromatic nitrogens is 6. The highest BCUT2D eigenvalue weighted by molar-refractivity contribution is 7.80. The highest BCUT2D eigenvalue weighted by Crippen LogP contribution is 2.25. The van der Waals surface area contributed by atoms with E-state index in [-0.39, 0.29) is 52.5 Å². The number of nitriles is 1. The minimum Gasteiger partial charge on any atom is -0.496 e. The van der Waals surface area contributed by atoms with E-state index in [0.717, 1.165) is 18.2 Å². The molecule has 0 aliphatic carbocycles. The topological polar surface area (TPSA) is 148 Å². The summed E-state index contributed by atoms with van der Waals surface area (Å²) in [5.41, 5.74) is 3.36. The van der Waals surface area contributed by atoms with Crippen LogP contribution in [0.2, 0.25) is 0 Å². The van der Waals surface area contributed by atoms with Gasteiger partial charge in [-0.05, 0) is 12.1 Å². The number of methoxy groups -OCH3 is 2. The fourth-order valence-electron chi connectivity index (χ4n) is 3.17. The number of thiocarbonyl (C=S) groups is 1. The number of nitrogens with zero attached hydrogens (tertiary/aromatic N) is 7. The molecule has 0 spiro atoms. The van der Waals surface area contributed by atoms with Crippen molar-refractivity contribution in [1.29, 1.82) is 5.26 Å². The smallest absolute Gasteiger partial charge is 0.352 e. The van der Waals surface area contributed by atoms with E-state index in [1.807, 2.05) is 0 Å². The number of ether oxygens (including phenoxy) is 2. The molecule has 0 bridgehead atoms. The monoisotopic (exact) mass is 668 g/mol. The van der Waals surface area contributed by atoms with Crippen molar-refractivity contribution in [1.82, 2.24) is 28.7 Å². The number of hydrogen-bond acceptors (Lipinski definition) is 8. The maximum Gasteiger partial charge on any atom is 0.352 e. The first-order valence-corrected chi connectivity index (χ1v) is 11.6. The van der Waals surface area contributed by atoms with E-state index in [4.69, 9.17) is 32.7 Å². The van der Waals surface area contributed by atoms with E-state index in [0.29, 0.717) is 32.9 Å². The molecule has 2 aromatic carbocycles. The maximum atomic E-state index is 14.0. The summed E-state index contributed by atoms with van der Waals surface area (Å²) < 4.78 is 85.6. The van der Waals surface area contributed by atoms with E-state index in [1.54, 1.807) is 6.07 Å². The molecule has 0 unspecified atom stereocenters. The molecular formula is C24H26F6N8O4S2. The third-order valence-corrected chi connectivity index (χ3v) is 5.45. The quantitative estimate of drug-likeness (QED) is 0.250. The van der Waals surface area contributed by atoms with E-state index in [1.165, 1.54) is 34.4 Å². The second-order valence-electron chi connectivity index (χ2n) is 7.53. The zero-order valence-corrected chi connectivity index (χ0v) is 25.6. The van der Waals surface area contributed by atoms with Crippen LogP contribution in [0.15, 0.2) is 33.9 Å². The number of benzene rings is 2. The van der Waals surface area contributed by atoms with Gasteiger partial charge in [0.1, 0.15) is 39.7 Å². The highest BCUT2D eigenvalue weighted by atomic mass is 32.1. The van der Waals surface area contributed by atoms with E-state index >= 15 is 0 Å². The predicted molar refractivity (Wildman–Crippen MR) is 156 cm³/mol. The fraction of sp³-hybridized carbons (Fsp3) is 0.250. The van der Waals surface area contributed by atoms with Crippen LogP contribution < -0.4 is 26.6 Å². The second kappa shape index (κ2) is 17.4. The van der Waals surface area contributed by atoms with Crippen molar-refractivity contribution in [2.45, 2.75) is 0 Å². The minimum atomic E-state index is -1.05. The number of rotatable bonds is 5. The minimum absolute atomic E-state index is 0. The van der Waals surface area contributed by atoms with Gasteiger partial charge in [0.25, 0.3) is 0 Å². The average molecular weight is 669 g/mol. The number of hydrogen-bond donors (Lipinski definition) is 1. The lowest BCUT2D eigenvalue weighted by Crippen LogP contribution is -2.23. The molecule has 2 N–H and O–H groups in total. The predicted octanol–water partition coefficient (Wildman–Crippen LogP) is 2.51. The molecule has 240 valence electrons. The van der Waals surface area contributed by atoms with Gasteiger partial charge in [0.05, 0.1) is 39.7 Å². The fourth-order valence-corrected chi connectivity index (χ4v) is 3.33. The summed E-state index contributed by atoms with van der Waals surface area (Å²) in [5, 5.41) is 15.4. The Morgan fingerprint density at radius 3 is 1.52 bits per heavy atom. The SMILES string of the molecule is CF.CF.COc1cc(-n2nc(F)n(C)c2=O)c(F)cc1C#N.COc1cc(-n2nc(F)n(C)c2=O)c(F)cc1C(N)=S.S. The molecule has 44 heavy (non-hydrogen) atoms. The van der Waals surface area contributed by atoms with Crippen molar-refractivity contribution in [2.24, 2.45) is 19.8 Å². The lowest BCUT2D eigenvalue weighted by Gasteiger charge is -2.10. The third kappa shape index (κ3) is 8.19. The van der Waals surface area contributed by atoms with Gasteiger partial charge >= 0.3 is 23.5 Å². The standard InChI is InChI=1S/C11H10F2N4O2S.C11H8F2N4O2.2CH3F.H2S/c1-16-10(13)15-17(11(16)18)7-4-8(19-2)5(9(14)20)3-6(7)12;1-16-10(13)15-17(11(16)18)8-4-9(19-2)6(5-14)3-7(8)12;2*1-2;/h3-4H,1-2H3,(H2,14,20);3-4H,1-2H3;2*1H3;1H2. The van der Waals surface area contributed by atoms with Crippen molar-refractivity contribution in [3.63, 3.8) is 0 Å². The van der Waals surface area contributed by atoms with Crippen LogP contribution in [0.5, 0.6) is 11.5 Å². The van der Waals surface area contributed by atoms with E-state index in [9.17, 15) is 35.9 Å². The van der Waals surface area contributed by atoms with Crippen LogP contribution in [0.4, 0.5) is 26.3 Å². The normalized spacial score (nSPS) is 9.52. The molecule has 0 aliphatic heterocycles. The molecule has 0 fully saturated rings. The van der Waals surface area contributed by atoms with Gasteiger partial charge in [-0.15, -0.1) is 10.2 Å². The molecule has 0 saturated carbocycles. The second-order valence-corrected chi connectivity index (χ2v) is 7.97. The van der Waals surface area contributed by atoms with Gasteiger partial charge < -0.3 is 15.2 Å². The number of nitrogens with two attached hydrogens (primary N) is 1. The van der Waals surface area contributed by atoms with Crippen LogP contribution in [-0.2, 0) is 14.1 Å². The van der Waals surface area contributed by atoms with Crippen LogP contribution >= 0.6 is 25.7 Å². The molecule has 4 rings (SSSR count).